The molecule has 1 aliphatic heterocycles. The van der Waals surface area contributed by atoms with Gasteiger partial charge in [0.1, 0.15) is 11.5 Å². The Morgan fingerprint density at radius 1 is 1.24 bits per heavy atom. The van der Waals surface area contributed by atoms with Crippen molar-refractivity contribution in [1.82, 2.24) is 10.2 Å². The van der Waals surface area contributed by atoms with Gasteiger partial charge in [0.05, 0.1) is 40.2 Å². The van der Waals surface area contributed by atoms with E-state index in [1.165, 1.54) is 0 Å². The molecule has 1 atom stereocenters. The van der Waals surface area contributed by atoms with E-state index in [1.807, 2.05) is 18.2 Å². The maximum atomic E-state index is 5.84. The molecule has 1 aromatic heterocycles. The molecule has 2 aromatic rings. The van der Waals surface area contributed by atoms with Crippen LogP contribution in [0.2, 0.25) is 0 Å². The van der Waals surface area contributed by atoms with Gasteiger partial charge < -0.3 is 33.6 Å². The average molecular weight is 421 g/mol. The van der Waals surface area contributed by atoms with E-state index in [9.17, 15) is 0 Å². The van der Waals surface area contributed by atoms with Gasteiger partial charge in [-0.25, -0.2) is 0 Å². The SMILES string of the molecule is COc1cc(CN(C[C@@H]2CCCO2)C(=S)NCc2ccco2)c(OC)c(OC)c1. The molecule has 0 saturated carbocycles. The van der Waals surface area contributed by atoms with E-state index >= 15 is 0 Å². The maximum Gasteiger partial charge on any atom is 0.169 e. The predicted octanol–water partition coefficient (Wildman–Crippen LogP) is 3.36. The minimum absolute atomic E-state index is 0.150. The lowest BCUT2D eigenvalue weighted by Gasteiger charge is -2.29. The second-order valence-electron chi connectivity index (χ2n) is 6.78. The molecule has 29 heavy (non-hydrogen) atoms. The number of hydrogen-bond acceptors (Lipinski definition) is 6. The van der Waals surface area contributed by atoms with Gasteiger partial charge in [0.15, 0.2) is 16.6 Å². The Labute approximate surface area is 176 Å². The molecule has 1 fully saturated rings. The van der Waals surface area contributed by atoms with Gasteiger partial charge in [0.2, 0.25) is 0 Å². The number of rotatable bonds is 9. The Bertz CT molecular complexity index is 791. The fourth-order valence-corrected chi connectivity index (χ4v) is 3.61. The highest BCUT2D eigenvalue weighted by Crippen LogP contribution is 2.36. The number of methoxy groups -OCH3 is 3. The molecule has 0 radical (unpaired) electrons. The second-order valence-corrected chi connectivity index (χ2v) is 7.16. The third-order valence-electron chi connectivity index (χ3n) is 4.86. The Hall–Kier alpha value is -2.45. The molecule has 1 aliphatic rings. The van der Waals surface area contributed by atoms with E-state index < -0.39 is 0 Å². The van der Waals surface area contributed by atoms with E-state index in [1.54, 1.807) is 33.7 Å². The van der Waals surface area contributed by atoms with Crippen molar-refractivity contribution in [3.8, 4) is 17.2 Å². The first-order valence-electron chi connectivity index (χ1n) is 9.60. The van der Waals surface area contributed by atoms with Gasteiger partial charge in [-0.05, 0) is 43.3 Å². The first-order valence-corrected chi connectivity index (χ1v) is 10.0. The topological polar surface area (TPSA) is 65.3 Å². The summed E-state index contributed by atoms with van der Waals surface area (Å²) in [4.78, 5) is 2.09. The molecule has 1 aromatic carbocycles. The Morgan fingerprint density at radius 2 is 2.10 bits per heavy atom. The van der Waals surface area contributed by atoms with Crippen molar-refractivity contribution in [3.05, 3.63) is 41.9 Å². The number of hydrogen-bond donors (Lipinski definition) is 1. The van der Waals surface area contributed by atoms with Crippen molar-refractivity contribution in [1.29, 1.82) is 0 Å². The summed E-state index contributed by atoms with van der Waals surface area (Å²) in [7, 11) is 4.87. The summed E-state index contributed by atoms with van der Waals surface area (Å²) in [6.07, 6.45) is 3.89. The van der Waals surface area contributed by atoms with Gasteiger partial charge in [-0.3, -0.25) is 0 Å². The van der Waals surface area contributed by atoms with Crippen LogP contribution in [-0.4, -0.2) is 50.6 Å². The van der Waals surface area contributed by atoms with E-state index in [4.69, 9.17) is 35.6 Å². The number of ether oxygens (including phenoxy) is 4. The van der Waals surface area contributed by atoms with Crippen LogP contribution in [-0.2, 0) is 17.8 Å². The molecular weight excluding hydrogens is 392 g/mol. The monoisotopic (exact) mass is 420 g/mol. The lowest BCUT2D eigenvalue weighted by Crippen LogP contribution is -2.42. The molecule has 0 amide bonds. The van der Waals surface area contributed by atoms with Crippen molar-refractivity contribution >= 4 is 17.3 Å². The number of furan rings is 1. The minimum Gasteiger partial charge on any atom is -0.497 e. The normalized spacial score (nSPS) is 15.8. The van der Waals surface area contributed by atoms with E-state index in [2.05, 4.69) is 10.2 Å². The van der Waals surface area contributed by atoms with Crippen LogP contribution in [0.5, 0.6) is 17.2 Å². The van der Waals surface area contributed by atoms with Crippen LogP contribution in [0.25, 0.3) is 0 Å². The van der Waals surface area contributed by atoms with Crippen LogP contribution < -0.4 is 19.5 Å². The molecule has 158 valence electrons. The van der Waals surface area contributed by atoms with Crippen molar-refractivity contribution < 1.29 is 23.4 Å². The second kappa shape index (κ2) is 10.4. The third-order valence-corrected chi connectivity index (χ3v) is 5.26. The first-order chi connectivity index (χ1) is 14.1. The quantitative estimate of drug-likeness (QED) is 0.620. The molecule has 2 heterocycles. The van der Waals surface area contributed by atoms with Crippen LogP contribution >= 0.6 is 12.2 Å². The molecule has 3 rings (SSSR count). The van der Waals surface area contributed by atoms with Crippen LogP contribution in [0.3, 0.4) is 0 Å². The Balaban J connectivity index is 1.80. The van der Waals surface area contributed by atoms with Crippen LogP contribution in [0, 0.1) is 0 Å². The van der Waals surface area contributed by atoms with E-state index in [-0.39, 0.29) is 6.10 Å². The smallest absolute Gasteiger partial charge is 0.169 e. The van der Waals surface area contributed by atoms with Crippen LogP contribution in [0.15, 0.2) is 34.9 Å². The molecule has 7 nitrogen and oxygen atoms in total. The molecule has 0 aliphatic carbocycles. The highest BCUT2D eigenvalue weighted by Gasteiger charge is 2.23. The van der Waals surface area contributed by atoms with E-state index in [0.29, 0.717) is 42.0 Å². The van der Waals surface area contributed by atoms with Gasteiger partial charge in [-0.2, -0.15) is 0 Å². The standard InChI is InChI=1S/C21H28N2O5S/c1-24-18-10-15(20(26-3)19(11-18)25-2)13-23(14-17-7-5-9-28-17)21(29)22-12-16-6-4-8-27-16/h4,6,8,10-11,17H,5,7,9,12-14H2,1-3H3,(H,22,29)/t17-/m0/s1. The largest absolute Gasteiger partial charge is 0.497 e. The fraction of sp³-hybridized carbons (Fsp3) is 0.476. The van der Waals surface area contributed by atoms with E-state index in [0.717, 1.165) is 30.8 Å². The number of nitrogens with one attached hydrogen (secondary N) is 1. The molecule has 1 saturated heterocycles. The summed E-state index contributed by atoms with van der Waals surface area (Å²) in [6.45, 7) is 2.53. The maximum absolute atomic E-state index is 5.84. The molecular formula is C21H28N2O5S. The molecule has 0 unspecified atom stereocenters. The lowest BCUT2D eigenvalue weighted by molar-refractivity contribution is 0.0895. The zero-order chi connectivity index (χ0) is 20.6. The Kier molecular flexibility index (Phi) is 7.60. The first kappa shape index (κ1) is 21.3. The van der Waals surface area contributed by atoms with Gasteiger partial charge in [0.25, 0.3) is 0 Å². The summed E-state index contributed by atoms with van der Waals surface area (Å²) in [5.41, 5.74) is 0.920. The van der Waals surface area contributed by atoms with Crippen molar-refractivity contribution in [3.63, 3.8) is 0 Å². The van der Waals surface area contributed by atoms with Gasteiger partial charge in [-0.15, -0.1) is 0 Å². The lowest BCUT2D eigenvalue weighted by atomic mass is 10.1. The summed E-state index contributed by atoms with van der Waals surface area (Å²) in [5, 5.41) is 3.90. The molecule has 0 bridgehead atoms. The summed E-state index contributed by atoms with van der Waals surface area (Å²) < 4.78 is 27.8. The predicted molar refractivity (Wildman–Crippen MR) is 114 cm³/mol. The average Bonchev–Trinajstić information content (AvgIpc) is 3.44. The number of thiocarbonyl (C=S) groups is 1. The van der Waals surface area contributed by atoms with Gasteiger partial charge in [0, 0.05) is 31.3 Å². The van der Waals surface area contributed by atoms with Crippen molar-refractivity contribution in [2.24, 2.45) is 0 Å². The molecule has 8 heteroatoms. The minimum atomic E-state index is 0.150. The number of benzene rings is 1. The Morgan fingerprint density at radius 3 is 2.72 bits per heavy atom. The zero-order valence-corrected chi connectivity index (χ0v) is 17.9. The van der Waals surface area contributed by atoms with Gasteiger partial charge in [-0.1, -0.05) is 0 Å². The van der Waals surface area contributed by atoms with Gasteiger partial charge >= 0.3 is 0 Å². The van der Waals surface area contributed by atoms with Crippen molar-refractivity contribution in [2.45, 2.75) is 32.0 Å². The van der Waals surface area contributed by atoms with Crippen LogP contribution in [0.1, 0.15) is 24.2 Å². The highest BCUT2D eigenvalue weighted by molar-refractivity contribution is 7.80. The fourth-order valence-electron chi connectivity index (χ4n) is 3.40. The van der Waals surface area contributed by atoms with Crippen LogP contribution in [0.4, 0.5) is 0 Å². The zero-order valence-electron chi connectivity index (χ0n) is 17.1. The highest BCUT2D eigenvalue weighted by atomic mass is 32.1. The molecule has 0 spiro atoms. The third kappa shape index (κ3) is 5.55. The molecule has 1 N–H and O–H groups in total. The van der Waals surface area contributed by atoms with Crippen molar-refractivity contribution in [2.75, 3.05) is 34.5 Å². The number of nitrogens with zero attached hydrogens (tertiary/aromatic N) is 1. The summed E-state index contributed by atoms with van der Waals surface area (Å²) in [5.74, 6) is 2.81. The summed E-state index contributed by atoms with van der Waals surface area (Å²) in [6, 6.07) is 7.52. The summed E-state index contributed by atoms with van der Waals surface area (Å²) >= 11 is 5.70.